The topological polar surface area (TPSA) is 20.3 Å². The van der Waals surface area contributed by atoms with Crippen molar-refractivity contribution in [3.8, 4) is 0 Å². The zero-order valence-corrected chi connectivity index (χ0v) is 12.2. The minimum atomic E-state index is -0.352. The molecule has 0 bridgehead atoms. The van der Waals surface area contributed by atoms with Crippen molar-refractivity contribution in [2.24, 2.45) is 0 Å². The summed E-state index contributed by atoms with van der Waals surface area (Å²) in [6.07, 6.45) is 0. The minimum Gasteiger partial charge on any atom is -0.295 e. The standard InChI is InChI=1S/C16H13F2NOS/c1-10-5-6-13(8-14(10)18)19-15(20)9-21-16(19)11-3-2-4-12(17)7-11/h2-8,16H,9H2,1H3/t16-/m0/s1. The van der Waals surface area contributed by atoms with E-state index in [9.17, 15) is 13.6 Å². The molecule has 1 aliphatic heterocycles. The Morgan fingerprint density at radius 2 is 2.00 bits per heavy atom. The van der Waals surface area contributed by atoms with Crippen LogP contribution in [0.5, 0.6) is 0 Å². The van der Waals surface area contributed by atoms with E-state index in [-0.39, 0.29) is 22.9 Å². The fourth-order valence-electron chi connectivity index (χ4n) is 2.34. The molecule has 2 aromatic carbocycles. The first kappa shape index (κ1) is 14.1. The molecule has 1 saturated heterocycles. The average molecular weight is 305 g/mol. The normalized spacial score (nSPS) is 18.3. The predicted molar refractivity (Wildman–Crippen MR) is 80.2 cm³/mol. The van der Waals surface area contributed by atoms with E-state index >= 15 is 0 Å². The highest BCUT2D eigenvalue weighted by Crippen LogP contribution is 2.42. The van der Waals surface area contributed by atoms with Crippen LogP contribution < -0.4 is 4.90 Å². The number of hydrogen-bond acceptors (Lipinski definition) is 2. The van der Waals surface area contributed by atoms with Gasteiger partial charge in [0.15, 0.2) is 0 Å². The Hall–Kier alpha value is -1.88. The van der Waals surface area contributed by atoms with Crippen LogP contribution in [0.4, 0.5) is 14.5 Å². The number of amides is 1. The third kappa shape index (κ3) is 2.65. The first-order valence-corrected chi connectivity index (χ1v) is 7.56. The molecule has 1 atom stereocenters. The molecule has 1 fully saturated rings. The summed E-state index contributed by atoms with van der Waals surface area (Å²) in [5.74, 6) is -0.494. The summed E-state index contributed by atoms with van der Waals surface area (Å²) in [5, 5.41) is -0.324. The maximum atomic E-state index is 13.7. The number of rotatable bonds is 2. The summed E-state index contributed by atoms with van der Waals surface area (Å²) in [7, 11) is 0. The number of hydrogen-bond donors (Lipinski definition) is 0. The lowest BCUT2D eigenvalue weighted by molar-refractivity contribution is -0.115. The van der Waals surface area contributed by atoms with Gasteiger partial charge in [-0.1, -0.05) is 18.2 Å². The summed E-state index contributed by atoms with van der Waals surface area (Å²) in [6, 6.07) is 10.9. The number of benzene rings is 2. The zero-order valence-electron chi connectivity index (χ0n) is 11.3. The van der Waals surface area contributed by atoms with Gasteiger partial charge in [-0.3, -0.25) is 9.69 Å². The van der Waals surface area contributed by atoms with Gasteiger partial charge in [-0.15, -0.1) is 11.8 Å². The molecular formula is C16H13F2NOS. The molecule has 2 nitrogen and oxygen atoms in total. The number of anilines is 1. The third-order valence-corrected chi connectivity index (χ3v) is 4.65. The van der Waals surface area contributed by atoms with Gasteiger partial charge in [-0.2, -0.15) is 0 Å². The third-order valence-electron chi connectivity index (χ3n) is 3.44. The van der Waals surface area contributed by atoms with Crippen LogP contribution in [0, 0.1) is 18.6 Å². The Kier molecular flexibility index (Phi) is 3.68. The second kappa shape index (κ2) is 5.48. The first-order valence-electron chi connectivity index (χ1n) is 6.51. The minimum absolute atomic E-state index is 0.0995. The quantitative estimate of drug-likeness (QED) is 0.834. The zero-order chi connectivity index (χ0) is 15.0. The van der Waals surface area contributed by atoms with Crippen molar-refractivity contribution in [3.63, 3.8) is 0 Å². The van der Waals surface area contributed by atoms with Gasteiger partial charge in [0.2, 0.25) is 5.91 Å². The van der Waals surface area contributed by atoms with Crippen LogP contribution >= 0.6 is 11.8 Å². The van der Waals surface area contributed by atoms with Crippen molar-refractivity contribution in [1.82, 2.24) is 0 Å². The van der Waals surface area contributed by atoms with E-state index < -0.39 is 0 Å². The Balaban J connectivity index is 2.01. The van der Waals surface area contributed by atoms with Gasteiger partial charge in [-0.25, -0.2) is 8.78 Å². The summed E-state index contributed by atoms with van der Waals surface area (Å²) < 4.78 is 27.1. The monoisotopic (exact) mass is 305 g/mol. The van der Waals surface area contributed by atoms with Crippen molar-refractivity contribution < 1.29 is 13.6 Å². The average Bonchev–Trinajstić information content (AvgIpc) is 2.84. The molecule has 1 amide bonds. The van der Waals surface area contributed by atoms with Gasteiger partial charge in [0.1, 0.15) is 17.0 Å². The lowest BCUT2D eigenvalue weighted by atomic mass is 10.1. The number of carbonyl (C=O) groups excluding carboxylic acids is 1. The van der Waals surface area contributed by atoms with E-state index in [1.54, 1.807) is 31.2 Å². The maximum absolute atomic E-state index is 13.7. The van der Waals surface area contributed by atoms with Crippen LogP contribution in [0.25, 0.3) is 0 Å². The van der Waals surface area contributed by atoms with E-state index in [1.165, 1.54) is 34.9 Å². The number of thioether (sulfide) groups is 1. The lowest BCUT2D eigenvalue weighted by Gasteiger charge is -2.24. The molecule has 0 aromatic heterocycles. The van der Waals surface area contributed by atoms with Crippen LogP contribution in [-0.2, 0) is 4.79 Å². The van der Waals surface area contributed by atoms with Crippen LogP contribution in [0.15, 0.2) is 42.5 Å². The summed E-state index contributed by atoms with van der Waals surface area (Å²) >= 11 is 1.41. The molecule has 108 valence electrons. The molecule has 5 heteroatoms. The summed E-state index contributed by atoms with van der Waals surface area (Å²) in [5.41, 5.74) is 1.73. The molecule has 0 aliphatic carbocycles. The van der Waals surface area contributed by atoms with Crippen molar-refractivity contribution in [2.75, 3.05) is 10.7 Å². The lowest BCUT2D eigenvalue weighted by Crippen LogP contribution is -2.28. The highest BCUT2D eigenvalue weighted by molar-refractivity contribution is 8.00. The van der Waals surface area contributed by atoms with Crippen LogP contribution in [0.2, 0.25) is 0 Å². The highest BCUT2D eigenvalue weighted by atomic mass is 32.2. The van der Waals surface area contributed by atoms with Crippen molar-refractivity contribution >= 4 is 23.4 Å². The van der Waals surface area contributed by atoms with Gasteiger partial charge in [-0.05, 0) is 42.3 Å². The number of halogens is 2. The van der Waals surface area contributed by atoms with Crippen molar-refractivity contribution in [3.05, 3.63) is 65.2 Å². The highest BCUT2D eigenvalue weighted by Gasteiger charge is 2.34. The van der Waals surface area contributed by atoms with Gasteiger partial charge >= 0.3 is 0 Å². The fourth-order valence-corrected chi connectivity index (χ4v) is 3.51. The number of carbonyl (C=O) groups is 1. The summed E-state index contributed by atoms with van der Waals surface area (Å²) in [4.78, 5) is 13.7. The Bertz CT molecular complexity index is 704. The molecule has 2 aromatic rings. The van der Waals surface area contributed by atoms with Crippen molar-refractivity contribution in [1.29, 1.82) is 0 Å². The fraction of sp³-hybridized carbons (Fsp3) is 0.188. The Morgan fingerprint density at radius 1 is 1.19 bits per heavy atom. The van der Waals surface area contributed by atoms with E-state index in [0.717, 1.165) is 0 Å². The van der Waals surface area contributed by atoms with Gasteiger partial charge in [0, 0.05) is 5.69 Å². The molecule has 0 saturated carbocycles. The van der Waals surface area contributed by atoms with Crippen LogP contribution in [0.3, 0.4) is 0 Å². The predicted octanol–water partition coefficient (Wildman–Crippen LogP) is 4.05. The Labute approximate surface area is 125 Å². The number of aryl methyl sites for hydroxylation is 1. The first-order chi connectivity index (χ1) is 10.1. The Morgan fingerprint density at radius 3 is 2.71 bits per heavy atom. The number of nitrogens with zero attached hydrogens (tertiary/aromatic N) is 1. The van der Waals surface area contributed by atoms with E-state index in [2.05, 4.69) is 0 Å². The molecular weight excluding hydrogens is 292 g/mol. The van der Waals surface area contributed by atoms with E-state index in [4.69, 9.17) is 0 Å². The SMILES string of the molecule is Cc1ccc(N2C(=O)CS[C@H]2c2cccc(F)c2)cc1F. The molecule has 0 unspecified atom stereocenters. The van der Waals surface area contributed by atoms with Gasteiger partial charge in [0.05, 0.1) is 5.75 Å². The molecule has 0 spiro atoms. The van der Waals surface area contributed by atoms with E-state index in [0.29, 0.717) is 22.6 Å². The molecule has 21 heavy (non-hydrogen) atoms. The molecule has 1 heterocycles. The van der Waals surface area contributed by atoms with Gasteiger partial charge in [0.25, 0.3) is 0 Å². The van der Waals surface area contributed by atoms with Gasteiger partial charge < -0.3 is 0 Å². The van der Waals surface area contributed by atoms with Crippen molar-refractivity contribution in [2.45, 2.75) is 12.3 Å². The molecule has 1 aliphatic rings. The molecule has 0 radical (unpaired) electrons. The van der Waals surface area contributed by atoms with Crippen LogP contribution in [-0.4, -0.2) is 11.7 Å². The second-order valence-electron chi connectivity index (χ2n) is 4.92. The second-order valence-corrected chi connectivity index (χ2v) is 5.98. The molecule has 0 N–H and O–H groups in total. The smallest absolute Gasteiger partial charge is 0.238 e. The summed E-state index contributed by atoms with van der Waals surface area (Å²) in [6.45, 7) is 1.67. The van der Waals surface area contributed by atoms with E-state index in [1.807, 2.05) is 0 Å². The maximum Gasteiger partial charge on any atom is 0.238 e. The van der Waals surface area contributed by atoms with Crippen LogP contribution in [0.1, 0.15) is 16.5 Å². The molecule has 3 rings (SSSR count). The largest absolute Gasteiger partial charge is 0.295 e.